The summed E-state index contributed by atoms with van der Waals surface area (Å²) in [6.07, 6.45) is 0.246. The van der Waals surface area contributed by atoms with Crippen molar-refractivity contribution in [2.45, 2.75) is 26.3 Å². The summed E-state index contributed by atoms with van der Waals surface area (Å²) in [6.45, 7) is 3.50. The maximum atomic E-state index is 12.0. The zero-order valence-corrected chi connectivity index (χ0v) is 14.3. The number of rotatable bonds is 5. The number of nitrogens with one attached hydrogen (secondary N) is 1. The monoisotopic (exact) mass is 335 g/mol. The first-order valence-corrected chi connectivity index (χ1v) is 8.40. The zero-order valence-electron chi connectivity index (χ0n) is 14.3. The van der Waals surface area contributed by atoms with Gasteiger partial charge in [-0.1, -0.05) is 62.4 Å². The first-order chi connectivity index (χ1) is 12.0. The minimum Gasteiger partial charge on any atom is -0.480 e. The van der Waals surface area contributed by atoms with Crippen molar-refractivity contribution < 1.29 is 14.7 Å². The van der Waals surface area contributed by atoms with Crippen LogP contribution in [0.25, 0.3) is 21.5 Å². The van der Waals surface area contributed by atoms with Crippen molar-refractivity contribution in [3.63, 3.8) is 0 Å². The van der Waals surface area contributed by atoms with Gasteiger partial charge >= 0.3 is 5.97 Å². The summed E-state index contributed by atoms with van der Waals surface area (Å²) in [5.41, 5.74) is 0.949. The molecule has 0 aromatic heterocycles. The van der Waals surface area contributed by atoms with E-state index in [4.69, 9.17) is 0 Å². The molecule has 2 N–H and O–H groups in total. The second-order valence-electron chi connectivity index (χ2n) is 6.56. The molecule has 0 heterocycles. The third-order valence-corrected chi connectivity index (χ3v) is 4.43. The number of benzene rings is 3. The second kappa shape index (κ2) is 6.93. The Bertz CT molecular complexity index is 892. The highest BCUT2D eigenvalue weighted by atomic mass is 16.4. The molecule has 3 aromatic carbocycles. The van der Waals surface area contributed by atoms with Crippen LogP contribution in [0.2, 0.25) is 0 Å². The quantitative estimate of drug-likeness (QED) is 0.698. The molecule has 0 radical (unpaired) electrons. The number of fused-ring (bicyclic) bond motifs is 2. The van der Waals surface area contributed by atoms with Gasteiger partial charge in [-0.15, -0.1) is 0 Å². The van der Waals surface area contributed by atoms with E-state index in [1.165, 1.54) is 0 Å². The van der Waals surface area contributed by atoms with E-state index < -0.39 is 12.0 Å². The predicted molar refractivity (Wildman–Crippen MR) is 99.6 cm³/mol. The lowest BCUT2D eigenvalue weighted by Crippen LogP contribution is -2.44. The number of carboxylic acid groups (broad SMARTS) is 1. The Labute approximate surface area is 146 Å². The molecule has 0 spiro atoms. The minimum atomic E-state index is -1.02. The summed E-state index contributed by atoms with van der Waals surface area (Å²) in [7, 11) is 0. The standard InChI is InChI=1S/C21H21NO3/c1-13(2)20(23)22-19(21(24)25)12-18-16-9-5-3-7-14(16)11-15-8-4-6-10-17(15)18/h3-11,13,19H,12H2,1-2H3,(H,22,23)(H,24,25)/t19-/m0/s1. The van der Waals surface area contributed by atoms with Gasteiger partial charge in [0.2, 0.25) is 5.91 Å². The van der Waals surface area contributed by atoms with Crippen LogP contribution in [0.5, 0.6) is 0 Å². The Morgan fingerprint density at radius 2 is 1.48 bits per heavy atom. The van der Waals surface area contributed by atoms with Gasteiger partial charge in [-0.3, -0.25) is 4.79 Å². The first-order valence-electron chi connectivity index (χ1n) is 8.40. The molecule has 0 aliphatic carbocycles. The van der Waals surface area contributed by atoms with Crippen LogP contribution < -0.4 is 5.32 Å². The molecule has 4 heteroatoms. The fourth-order valence-corrected chi connectivity index (χ4v) is 3.07. The molecule has 0 saturated carbocycles. The minimum absolute atomic E-state index is 0.246. The molecule has 3 aromatic rings. The molecule has 1 atom stereocenters. The van der Waals surface area contributed by atoms with E-state index in [1.54, 1.807) is 13.8 Å². The van der Waals surface area contributed by atoms with Gasteiger partial charge in [0.15, 0.2) is 0 Å². The average molecular weight is 335 g/mol. The molecule has 25 heavy (non-hydrogen) atoms. The van der Waals surface area contributed by atoms with Crippen LogP contribution in [-0.2, 0) is 16.0 Å². The van der Waals surface area contributed by atoms with Gasteiger partial charge in [-0.05, 0) is 33.2 Å². The smallest absolute Gasteiger partial charge is 0.326 e. The summed E-state index contributed by atoms with van der Waals surface area (Å²) in [5.74, 6) is -1.53. The number of aliphatic carboxylic acids is 1. The van der Waals surface area contributed by atoms with Gasteiger partial charge in [-0.2, -0.15) is 0 Å². The summed E-state index contributed by atoms with van der Waals surface area (Å²) in [5, 5.41) is 16.4. The molecular formula is C21H21NO3. The summed E-state index contributed by atoms with van der Waals surface area (Å²) < 4.78 is 0. The highest BCUT2D eigenvalue weighted by Gasteiger charge is 2.23. The normalized spacial score (nSPS) is 12.4. The lowest BCUT2D eigenvalue weighted by molar-refractivity contribution is -0.142. The summed E-state index contributed by atoms with van der Waals surface area (Å²) in [6, 6.07) is 17.0. The lowest BCUT2D eigenvalue weighted by Gasteiger charge is -2.19. The Morgan fingerprint density at radius 3 is 1.96 bits per heavy atom. The molecule has 128 valence electrons. The predicted octanol–water partition coefficient (Wildman–Crippen LogP) is 3.76. The Hall–Kier alpha value is -2.88. The zero-order chi connectivity index (χ0) is 18.0. The van der Waals surface area contributed by atoms with E-state index in [-0.39, 0.29) is 18.2 Å². The van der Waals surface area contributed by atoms with Crippen LogP contribution >= 0.6 is 0 Å². The van der Waals surface area contributed by atoms with Crippen LogP contribution in [0, 0.1) is 5.92 Å². The van der Waals surface area contributed by atoms with Crippen molar-refractivity contribution in [1.82, 2.24) is 5.32 Å². The lowest BCUT2D eigenvalue weighted by atomic mass is 9.92. The average Bonchev–Trinajstić information content (AvgIpc) is 2.60. The number of hydrogen-bond donors (Lipinski definition) is 2. The van der Waals surface area contributed by atoms with E-state index in [0.29, 0.717) is 0 Å². The third-order valence-electron chi connectivity index (χ3n) is 4.43. The molecule has 0 unspecified atom stereocenters. The molecule has 0 saturated heterocycles. The van der Waals surface area contributed by atoms with Crippen molar-refractivity contribution in [2.75, 3.05) is 0 Å². The highest BCUT2D eigenvalue weighted by molar-refractivity contribution is 6.02. The molecule has 1 amide bonds. The number of carboxylic acids is 1. The van der Waals surface area contributed by atoms with Crippen LogP contribution in [0.1, 0.15) is 19.4 Å². The number of carbonyl (C=O) groups is 2. The molecule has 3 rings (SSSR count). The van der Waals surface area contributed by atoms with E-state index in [9.17, 15) is 14.7 Å². The third kappa shape index (κ3) is 3.48. The molecule has 4 nitrogen and oxygen atoms in total. The number of carbonyl (C=O) groups excluding carboxylic acids is 1. The van der Waals surface area contributed by atoms with E-state index >= 15 is 0 Å². The molecular weight excluding hydrogens is 314 g/mol. The largest absolute Gasteiger partial charge is 0.480 e. The highest BCUT2D eigenvalue weighted by Crippen LogP contribution is 2.29. The van der Waals surface area contributed by atoms with Crippen LogP contribution in [0.15, 0.2) is 54.6 Å². The second-order valence-corrected chi connectivity index (χ2v) is 6.56. The molecule has 0 fully saturated rings. The van der Waals surface area contributed by atoms with Crippen molar-refractivity contribution in [3.05, 3.63) is 60.2 Å². The van der Waals surface area contributed by atoms with E-state index in [2.05, 4.69) is 11.4 Å². The van der Waals surface area contributed by atoms with Crippen LogP contribution in [0.4, 0.5) is 0 Å². The Balaban J connectivity index is 2.11. The van der Waals surface area contributed by atoms with Crippen molar-refractivity contribution in [2.24, 2.45) is 5.92 Å². The number of hydrogen-bond acceptors (Lipinski definition) is 2. The first kappa shape index (κ1) is 17.0. The van der Waals surface area contributed by atoms with Crippen molar-refractivity contribution in [3.8, 4) is 0 Å². The van der Waals surface area contributed by atoms with E-state index in [1.807, 2.05) is 48.5 Å². The fraction of sp³-hybridized carbons (Fsp3) is 0.238. The van der Waals surface area contributed by atoms with Gasteiger partial charge in [0.1, 0.15) is 6.04 Å². The Morgan fingerprint density at radius 1 is 0.960 bits per heavy atom. The van der Waals surface area contributed by atoms with Gasteiger partial charge in [0.05, 0.1) is 0 Å². The number of amides is 1. The van der Waals surface area contributed by atoms with Crippen LogP contribution in [0.3, 0.4) is 0 Å². The van der Waals surface area contributed by atoms with Crippen molar-refractivity contribution >= 4 is 33.4 Å². The summed E-state index contributed by atoms with van der Waals surface area (Å²) >= 11 is 0. The SMILES string of the molecule is CC(C)C(=O)N[C@@H](Cc1c2ccccc2cc2ccccc12)C(=O)O. The maximum absolute atomic E-state index is 12.0. The Kier molecular flexibility index (Phi) is 4.70. The van der Waals surface area contributed by atoms with Crippen LogP contribution in [-0.4, -0.2) is 23.0 Å². The van der Waals surface area contributed by atoms with Gasteiger partial charge < -0.3 is 10.4 Å². The maximum Gasteiger partial charge on any atom is 0.326 e. The topological polar surface area (TPSA) is 66.4 Å². The van der Waals surface area contributed by atoms with E-state index in [0.717, 1.165) is 27.1 Å². The summed E-state index contributed by atoms with van der Waals surface area (Å²) in [4.78, 5) is 23.7. The molecule has 0 aliphatic heterocycles. The van der Waals surface area contributed by atoms with Gasteiger partial charge in [0, 0.05) is 12.3 Å². The van der Waals surface area contributed by atoms with Crippen molar-refractivity contribution in [1.29, 1.82) is 0 Å². The molecule has 0 aliphatic rings. The van der Waals surface area contributed by atoms with Gasteiger partial charge in [0.25, 0.3) is 0 Å². The molecule has 0 bridgehead atoms. The van der Waals surface area contributed by atoms with Gasteiger partial charge in [-0.25, -0.2) is 4.79 Å². The fourth-order valence-electron chi connectivity index (χ4n) is 3.07.